The molecule has 0 aliphatic rings. The van der Waals surface area contributed by atoms with Gasteiger partial charge in [0.05, 0.1) is 10.3 Å². The van der Waals surface area contributed by atoms with Gasteiger partial charge in [0.15, 0.2) is 6.29 Å². The van der Waals surface area contributed by atoms with E-state index in [2.05, 4.69) is 0 Å². The molecule has 2 aromatic heterocycles. The van der Waals surface area contributed by atoms with Crippen molar-refractivity contribution in [2.75, 3.05) is 0 Å². The molecule has 0 bridgehead atoms. The molecule has 0 fully saturated rings. The Bertz CT molecular complexity index is 524. The molecule has 0 saturated carbocycles. The lowest BCUT2D eigenvalue weighted by Gasteiger charge is -1.94. The van der Waals surface area contributed by atoms with E-state index in [1.54, 1.807) is 19.3 Å². The maximum Gasteiger partial charge on any atom is 0.259 e. The van der Waals surface area contributed by atoms with Crippen LogP contribution in [0, 0.1) is 0 Å². The first-order valence-corrected chi connectivity index (χ1v) is 4.58. The van der Waals surface area contributed by atoms with Crippen molar-refractivity contribution in [1.82, 2.24) is 4.57 Å². The molecule has 2 rings (SSSR count). The van der Waals surface area contributed by atoms with Crippen LogP contribution in [0.4, 0.5) is 0 Å². The van der Waals surface area contributed by atoms with Crippen molar-refractivity contribution in [2.45, 2.75) is 0 Å². The third kappa shape index (κ3) is 1.19. The highest BCUT2D eigenvalue weighted by Crippen LogP contribution is 2.20. The third-order valence-electron chi connectivity index (χ3n) is 1.90. The van der Waals surface area contributed by atoms with E-state index in [1.807, 2.05) is 6.07 Å². The number of nitrogens with zero attached hydrogens (tertiary/aromatic N) is 1. The molecule has 2 heterocycles. The lowest BCUT2D eigenvalue weighted by Crippen LogP contribution is -2.14. The van der Waals surface area contributed by atoms with Crippen LogP contribution in [-0.2, 0) is 7.05 Å². The monoisotopic (exact) mass is 193 g/mol. The summed E-state index contributed by atoms with van der Waals surface area (Å²) < 4.78 is 2.37. The second kappa shape index (κ2) is 2.81. The van der Waals surface area contributed by atoms with Crippen molar-refractivity contribution in [3.63, 3.8) is 0 Å². The number of aldehydes is 1. The summed E-state index contributed by atoms with van der Waals surface area (Å²) in [6, 6.07) is 3.48. The lowest BCUT2D eigenvalue weighted by atomic mass is 10.3. The predicted octanol–water partition coefficient (Wildman–Crippen LogP) is 1.41. The molecule has 3 nitrogen and oxygen atoms in total. The fourth-order valence-electron chi connectivity index (χ4n) is 1.21. The highest BCUT2D eigenvalue weighted by atomic mass is 32.1. The second-order valence-electron chi connectivity index (χ2n) is 2.78. The average molecular weight is 193 g/mol. The fraction of sp³-hybridized carbons (Fsp3) is 0.111. The summed E-state index contributed by atoms with van der Waals surface area (Å²) >= 11 is 1.34. The number of hydrogen-bond donors (Lipinski definition) is 0. The maximum atomic E-state index is 11.5. The van der Waals surface area contributed by atoms with Crippen LogP contribution in [0.15, 0.2) is 23.1 Å². The second-order valence-corrected chi connectivity index (χ2v) is 3.89. The van der Waals surface area contributed by atoms with E-state index in [9.17, 15) is 9.59 Å². The number of thiophene rings is 1. The van der Waals surface area contributed by atoms with Gasteiger partial charge < -0.3 is 4.57 Å². The molecule has 0 aliphatic heterocycles. The number of hydrogen-bond acceptors (Lipinski definition) is 3. The van der Waals surface area contributed by atoms with Crippen LogP contribution in [0.1, 0.15) is 9.67 Å². The Kier molecular flexibility index (Phi) is 1.77. The van der Waals surface area contributed by atoms with Crippen LogP contribution in [0.2, 0.25) is 0 Å². The molecule has 0 aromatic carbocycles. The number of pyridine rings is 1. The van der Waals surface area contributed by atoms with Crippen LogP contribution >= 0.6 is 11.3 Å². The van der Waals surface area contributed by atoms with Gasteiger partial charge in [0.2, 0.25) is 0 Å². The number of aryl methyl sites for hydroxylation is 1. The van der Waals surface area contributed by atoms with Gasteiger partial charge in [-0.3, -0.25) is 9.59 Å². The molecule has 66 valence electrons. The molecule has 2 aromatic rings. The van der Waals surface area contributed by atoms with Gasteiger partial charge in [-0.05, 0) is 12.1 Å². The van der Waals surface area contributed by atoms with Crippen LogP contribution in [0.25, 0.3) is 10.1 Å². The minimum Gasteiger partial charge on any atom is -0.318 e. The van der Waals surface area contributed by atoms with Gasteiger partial charge in [0, 0.05) is 17.9 Å². The first-order valence-electron chi connectivity index (χ1n) is 3.77. The van der Waals surface area contributed by atoms with Crippen molar-refractivity contribution >= 4 is 27.7 Å². The van der Waals surface area contributed by atoms with E-state index in [-0.39, 0.29) is 5.56 Å². The topological polar surface area (TPSA) is 39.1 Å². The summed E-state index contributed by atoms with van der Waals surface area (Å²) in [5.74, 6) is 0. The van der Waals surface area contributed by atoms with Gasteiger partial charge in [-0.25, -0.2) is 0 Å². The van der Waals surface area contributed by atoms with Gasteiger partial charge in [-0.15, -0.1) is 11.3 Å². The van der Waals surface area contributed by atoms with Crippen molar-refractivity contribution in [1.29, 1.82) is 0 Å². The number of carbonyl (C=O) groups is 1. The molecule has 13 heavy (non-hydrogen) atoms. The van der Waals surface area contributed by atoms with E-state index < -0.39 is 0 Å². The van der Waals surface area contributed by atoms with E-state index in [1.165, 1.54) is 15.9 Å². The van der Waals surface area contributed by atoms with E-state index in [0.717, 1.165) is 11.0 Å². The Morgan fingerprint density at radius 2 is 2.31 bits per heavy atom. The van der Waals surface area contributed by atoms with Crippen molar-refractivity contribution < 1.29 is 4.79 Å². The highest BCUT2D eigenvalue weighted by molar-refractivity contribution is 7.20. The summed E-state index contributed by atoms with van der Waals surface area (Å²) in [5, 5.41) is 0.622. The Balaban J connectivity index is 2.92. The van der Waals surface area contributed by atoms with Crippen LogP contribution < -0.4 is 5.56 Å². The molecule has 0 amide bonds. The molecule has 0 aliphatic carbocycles. The van der Waals surface area contributed by atoms with Crippen molar-refractivity contribution in [3.8, 4) is 0 Å². The van der Waals surface area contributed by atoms with E-state index in [0.29, 0.717) is 10.3 Å². The largest absolute Gasteiger partial charge is 0.318 e. The standard InChI is InChI=1S/C9H7NO2S/c1-10-3-2-8-7(9(10)12)4-6(5-11)13-8/h2-5H,1H3. The van der Waals surface area contributed by atoms with Crippen LogP contribution in [-0.4, -0.2) is 10.9 Å². The Morgan fingerprint density at radius 1 is 1.54 bits per heavy atom. The smallest absolute Gasteiger partial charge is 0.259 e. The van der Waals surface area contributed by atoms with Gasteiger partial charge >= 0.3 is 0 Å². The van der Waals surface area contributed by atoms with Crippen LogP contribution in [0.5, 0.6) is 0 Å². The van der Waals surface area contributed by atoms with E-state index in [4.69, 9.17) is 0 Å². The molecule has 0 unspecified atom stereocenters. The number of fused-ring (bicyclic) bond motifs is 1. The zero-order chi connectivity index (χ0) is 9.42. The summed E-state index contributed by atoms with van der Waals surface area (Å²) in [7, 11) is 1.69. The summed E-state index contributed by atoms with van der Waals surface area (Å²) in [4.78, 5) is 22.6. The first-order chi connectivity index (χ1) is 6.22. The Hall–Kier alpha value is -1.42. The van der Waals surface area contributed by atoms with Gasteiger partial charge in [0.25, 0.3) is 5.56 Å². The summed E-state index contributed by atoms with van der Waals surface area (Å²) in [6.45, 7) is 0. The number of carbonyl (C=O) groups excluding carboxylic acids is 1. The SMILES string of the molecule is Cn1ccc2sc(C=O)cc2c1=O. The molecule has 0 radical (unpaired) electrons. The minimum absolute atomic E-state index is 0.0538. The zero-order valence-electron chi connectivity index (χ0n) is 6.98. The van der Waals surface area contributed by atoms with Gasteiger partial charge in [-0.1, -0.05) is 0 Å². The van der Waals surface area contributed by atoms with Crippen molar-refractivity contribution in [2.24, 2.45) is 7.05 Å². The zero-order valence-corrected chi connectivity index (χ0v) is 7.80. The van der Waals surface area contributed by atoms with Gasteiger partial charge in [0.1, 0.15) is 0 Å². The fourth-order valence-corrected chi connectivity index (χ4v) is 2.07. The normalized spacial score (nSPS) is 10.5. The summed E-state index contributed by atoms with van der Waals surface area (Å²) in [6.07, 6.45) is 2.47. The van der Waals surface area contributed by atoms with Gasteiger partial charge in [-0.2, -0.15) is 0 Å². The van der Waals surface area contributed by atoms with Crippen LogP contribution in [0.3, 0.4) is 0 Å². The van der Waals surface area contributed by atoms with Crippen molar-refractivity contribution in [3.05, 3.63) is 33.6 Å². The highest BCUT2D eigenvalue weighted by Gasteiger charge is 2.04. The quantitative estimate of drug-likeness (QED) is 0.642. The molecule has 0 spiro atoms. The Morgan fingerprint density at radius 3 is 3.00 bits per heavy atom. The van der Waals surface area contributed by atoms with E-state index >= 15 is 0 Å². The summed E-state index contributed by atoms with van der Waals surface area (Å²) in [5.41, 5.74) is -0.0538. The number of rotatable bonds is 1. The lowest BCUT2D eigenvalue weighted by molar-refractivity contribution is 0.112. The third-order valence-corrected chi connectivity index (χ3v) is 2.92. The number of aromatic nitrogens is 1. The minimum atomic E-state index is -0.0538. The molecule has 0 saturated heterocycles. The molecule has 0 atom stereocenters. The predicted molar refractivity (Wildman–Crippen MR) is 52.5 cm³/mol. The molecular formula is C9H7NO2S. The molecule has 0 N–H and O–H groups in total. The maximum absolute atomic E-state index is 11.5. The average Bonchev–Trinajstić information content (AvgIpc) is 2.55. The first kappa shape index (κ1) is 8.19. The molecular weight excluding hydrogens is 186 g/mol. The molecule has 4 heteroatoms. The Labute approximate surface area is 78.2 Å².